The van der Waals surface area contributed by atoms with E-state index in [1.54, 1.807) is 36.4 Å². The van der Waals surface area contributed by atoms with Gasteiger partial charge >= 0.3 is 0 Å². The van der Waals surface area contributed by atoms with E-state index in [1.165, 1.54) is 18.2 Å². The minimum Gasteiger partial charge on any atom is -0.376 e. The van der Waals surface area contributed by atoms with Gasteiger partial charge in [0.05, 0.1) is 22.1 Å². The number of nitrogens with zero attached hydrogens (tertiary/aromatic N) is 3. The highest BCUT2D eigenvalue weighted by Gasteiger charge is 2.31. The molecule has 0 radical (unpaired) electrons. The van der Waals surface area contributed by atoms with Gasteiger partial charge in [-0.3, -0.25) is 9.59 Å². The summed E-state index contributed by atoms with van der Waals surface area (Å²) in [6, 6.07) is 7.97. The van der Waals surface area contributed by atoms with Gasteiger partial charge < -0.3 is 15.3 Å². The maximum atomic E-state index is 13.8. The zero-order valence-electron chi connectivity index (χ0n) is 17.8. The van der Waals surface area contributed by atoms with Crippen LogP contribution in [-0.2, 0) is 0 Å². The Bertz CT molecular complexity index is 1260. The summed E-state index contributed by atoms with van der Waals surface area (Å²) in [4.78, 5) is 27.4. The number of hydrogen-bond donors (Lipinski definition) is 2. The van der Waals surface area contributed by atoms with Crippen molar-refractivity contribution >= 4 is 23.2 Å². The van der Waals surface area contributed by atoms with Crippen molar-refractivity contribution in [1.29, 1.82) is 0 Å². The highest BCUT2D eigenvalue weighted by atomic mass is 35.5. The maximum absolute atomic E-state index is 13.8. The Morgan fingerprint density at radius 2 is 1.85 bits per heavy atom. The smallest absolute Gasteiger partial charge is 0.284 e. The molecule has 1 aromatic heterocycles. The number of nitrogens with one attached hydrogen (secondary N) is 1. The molecule has 0 aliphatic rings. The standard InChI is InChI=1S/C22H19ClF4N4O3/c1-30(2)17-7-6-11(8-15(17)23)16-10-14(21(33)28-18(19(25)26)20(27)32)22(34)31(29-16)13-5-3-4-12(24)9-13/h3-10,18-20,32H,1-2H3,(H,28,33). The second kappa shape index (κ2) is 10.2. The largest absolute Gasteiger partial charge is 0.376 e. The molecule has 3 aromatic rings. The first kappa shape index (κ1) is 25.2. The quantitative estimate of drug-likeness (QED) is 0.488. The summed E-state index contributed by atoms with van der Waals surface area (Å²) >= 11 is 6.30. The number of aliphatic hydroxyl groups excluding tert-OH is 1. The first-order valence-corrected chi connectivity index (χ1v) is 10.2. The SMILES string of the molecule is CN(C)c1ccc(-c2cc(C(=O)NC(C(O)F)C(F)F)c(=O)n(-c3cccc(F)c3)n2)cc1Cl. The van der Waals surface area contributed by atoms with E-state index in [1.807, 2.05) is 0 Å². The van der Waals surface area contributed by atoms with Gasteiger partial charge in [-0.05, 0) is 36.4 Å². The molecule has 180 valence electrons. The van der Waals surface area contributed by atoms with E-state index in [-0.39, 0.29) is 11.4 Å². The van der Waals surface area contributed by atoms with Gasteiger partial charge in [0.2, 0.25) is 6.36 Å². The second-order valence-electron chi connectivity index (χ2n) is 7.41. The lowest BCUT2D eigenvalue weighted by molar-refractivity contribution is -0.0481. The van der Waals surface area contributed by atoms with Crippen LogP contribution in [0.2, 0.25) is 5.02 Å². The minimum atomic E-state index is -3.45. The fraction of sp³-hybridized carbons (Fsp3) is 0.227. The summed E-state index contributed by atoms with van der Waals surface area (Å²) < 4.78 is 53.8. The van der Waals surface area contributed by atoms with Crippen LogP contribution in [0.3, 0.4) is 0 Å². The predicted molar refractivity (Wildman–Crippen MR) is 119 cm³/mol. The number of alkyl halides is 3. The third-order valence-corrected chi connectivity index (χ3v) is 5.10. The van der Waals surface area contributed by atoms with Crippen LogP contribution < -0.4 is 15.8 Å². The fourth-order valence-electron chi connectivity index (χ4n) is 3.09. The van der Waals surface area contributed by atoms with E-state index >= 15 is 0 Å². The van der Waals surface area contributed by atoms with Crippen LogP contribution in [0, 0.1) is 5.82 Å². The molecule has 0 aliphatic carbocycles. The molecule has 12 heteroatoms. The molecule has 0 spiro atoms. The fourth-order valence-corrected chi connectivity index (χ4v) is 3.44. The van der Waals surface area contributed by atoms with Crippen LogP contribution in [0.25, 0.3) is 16.9 Å². The number of halogens is 5. The number of hydrogen-bond acceptors (Lipinski definition) is 5. The van der Waals surface area contributed by atoms with Crippen molar-refractivity contribution in [1.82, 2.24) is 15.1 Å². The first-order chi connectivity index (χ1) is 16.0. The van der Waals surface area contributed by atoms with Gasteiger partial charge in [0.25, 0.3) is 17.9 Å². The number of carbonyl (C=O) groups excluding carboxylic acids is 1. The monoisotopic (exact) mass is 498 g/mol. The normalized spacial score (nSPS) is 13.0. The topological polar surface area (TPSA) is 87.5 Å². The number of rotatable bonds is 7. The zero-order chi connectivity index (χ0) is 25.2. The molecule has 2 aromatic carbocycles. The van der Waals surface area contributed by atoms with Crippen LogP contribution in [0.4, 0.5) is 23.2 Å². The zero-order valence-corrected chi connectivity index (χ0v) is 18.6. The first-order valence-electron chi connectivity index (χ1n) is 9.78. The Morgan fingerprint density at radius 1 is 1.15 bits per heavy atom. The number of aromatic nitrogens is 2. The summed E-state index contributed by atoms with van der Waals surface area (Å²) in [5, 5.41) is 15.0. The van der Waals surface area contributed by atoms with Gasteiger partial charge in [-0.2, -0.15) is 9.78 Å². The molecule has 2 atom stereocenters. The van der Waals surface area contributed by atoms with E-state index < -0.39 is 41.7 Å². The summed E-state index contributed by atoms with van der Waals surface area (Å²) in [7, 11) is 3.54. The molecule has 34 heavy (non-hydrogen) atoms. The van der Waals surface area contributed by atoms with E-state index in [9.17, 15) is 27.2 Å². The Balaban J connectivity index is 2.19. The molecule has 0 bridgehead atoms. The number of carbonyl (C=O) groups is 1. The Morgan fingerprint density at radius 3 is 2.41 bits per heavy atom. The molecule has 1 heterocycles. The molecule has 2 unspecified atom stereocenters. The summed E-state index contributed by atoms with van der Waals surface area (Å²) in [6.07, 6.45) is -6.53. The van der Waals surface area contributed by atoms with Crippen molar-refractivity contribution in [3.05, 3.63) is 75.3 Å². The van der Waals surface area contributed by atoms with Gasteiger partial charge in [-0.15, -0.1) is 0 Å². The number of amides is 1. The molecule has 0 saturated carbocycles. The highest BCUT2D eigenvalue weighted by molar-refractivity contribution is 6.33. The van der Waals surface area contributed by atoms with Crippen molar-refractivity contribution in [2.45, 2.75) is 18.8 Å². The van der Waals surface area contributed by atoms with Crippen LogP contribution >= 0.6 is 11.6 Å². The van der Waals surface area contributed by atoms with Crippen LogP contribution in [0.5, 0.6) is 0 Å². The number of aliphatic hydroxyl groups is 1. The highest BCUT2D eigenvalue weighted by Crippen LogP contribution is 2.29. The van der Waals surface area contributed by atoms with Crippen molar-refractivity contribution < 1.29 is 27.5 Å². The van der Waals surface area contributed by atoms with Crippen LogP contribution in [-0.4, -0.2) is 53.7 Å². The third-order valence-electron chi connectivity index (χ3n) is 4.80. The molecule has 1 amide bonds. The lowest BCUT2D eigenvalue weighted by Gasteiger charge is -2.19. The van der Waals surface area contributed by atoms with Crippen molar-refractivity contribution in [2.75, 3.05) is 19.0 Å². The van der Waals surface area contributed by atoms with E-state index in [0.29, 0.717) is 21.0 Å². The lowest BCUT2D eigenvalue weighted by atomic mass is 10.1. The molecule has 7 nitrogen and oxygen atoms in total. The molecular weight excluding hydrogens is 480 g/mol. The molecule has 3 rings (SSSR count). The summed E-state index contributed by atoms with van der Waals surface area (Å²) in [5.74, 6) is -2.07. The minimum absolute atomic E-state index is 0.0237. The van der Waals surface area contributed by atoms with Gasteiger partial charge in [0, 0.05) is 19.7 Å². The third kappa shape index (κ3) is 5.37. The molecule has 0 aliphatic heterocycles. The maximum Gasteiger partial charge on any atom is 0.284 e. The second-order valence-corrected chi connectivity index (χ2v) is 7.81. The average Bonchev–Trinajstić information content (AvgIpc) is 2.76. The predicted octanol–water partition coefficient (Wildman–Crippen LogP) is 3.41. The van der Waals surface area contributed by atoms with Gasteiger partial charge in [0.1, 0.15) is 17.4 Å². The van der Waals surface area contributed by atoms with Gasteiger partial charge in [-0.1, -0.05) is 23.7 Å². The van der Waals surface area contributed by atoms with E-state index in [0.717, 1.165) is 18.2 Å². The van der Waals surface area contributed by atoms with Gasteiger partial charge in [-0.25, -0.2) is 17.6 Å². The summed E-state index contributed by atoms with van der Waals surface area (Å²) in [5.41, 5.74) is -0.773. The van der Waals surface area contributed by atoms with Crippen molar-refractivity contribution in [3.8, 4) is 16.9 Å². The van der Waals surface area contributed by atoms with E-state index in [4.69, 9.17) is 16.7 Å². The summed E-state index contributed by atoms with van der Waals surface area (Å²) in [6.45, 7) is 0. The lowest BCUT2D eigenvalue weighted by Crippen LogP contribution is -2.48. The molecule has 0 saturated heterocycles. The Labute approximate surface area is 196 Å². The number of anilines is 1. The molecule has 2 N–H and O–H groups in total. The van der Waals surface area contributed by atoms with Crippen molar-refractivity contribution in [2.24, 2.45) is 0 Å². The molecular formula is C22H19ClF4N4O3. The molecule has 0 fully saturated rings. The van der Waals surface area contributed by atoms with Crippen LogP contribution in [0.1, 0.15) is 10.4 Å². The van der Waals surface area contributed by atoms with Crippen molar-refractivity contribution in [3.63, 3.8) is 0 Å². The average molecular weight is 499 g/mol. The Hall–Kier alpha value is -3.44. The number of benzene rings is 2. The van der Waals surface area contributed by atoms with Gasteiger partial charge in [0.15, 0.2) is 0 Å². The van der Waals surface area contributed by atoms with E-state index in [2.05, 4.69) is 5.10 Å². The van der Waals surface area contributed by atoms with Crippen LogP contribution in [0.15, 0.2) is 53.3 Å². The Kier molecular flexibility index (Phi) is 7.57.